The van der Waals surface area contributed by atoms with Crippen LogP contribution in [0.4, 0.5) is 0 Å². The molecule has 5 heteroatoms. The summed E-state index contributed by atoms with van der Waals surface area (Å²) in [4.78, 5) is 29.2. The summed E-state index contributed by atoms with van der Waals surface area (Å²) in [6, 6.07) is 12.7. The van der Waals surface area contributed by atoms with Crippen molar-refractivity contribution in [2.75, 3.05) is 19.6 Å². The van der Waals surface area contributed by atoms with Gasteiger partial charge in [0, 0.05) is 30.4 Å². The van der Waals surface area contributed by atoms with Gasteiger partial charge in [-0.25, -0.2) is 0 Å². The van der Waals surface area contributed by atoms with Gasteiger partial charge in [0.1, 0.15) is 0 Å². The molecule has 2 aromatic rings. The van der Waals surface area contributed by atoms with Crippen molar-refractivity contribution in [2.24, 2.45) is 11.3 Å². The minimum atomic E-state index is -0.519. The number of likely N-dealkylation sites (tertiary alicyclic amines) is 1. The average molecular weight is 411 g/mol. The summed E-state index contributed by atoms with van der Waals surface area (Å²) in [5.74, 6) is 0.524. The predicted octanol–water partition coefficient (Wildman–Crippen LogP) is 4.50. The van der Waals surface area contributed by atoms with Crippen LogP contribution in [0.2, 0.25) is 0 Å². The van der Waals surface area contributed by atoms with Crippen LogP contribution >= 0.6 is 11.3 Å². The van der Waals surface area contributed by atoms with E-state index in [9.17, 15) is 9.59 Å². The molecule has 0 spiro atoms. The standard InChI is InChI=1S/C24H30N2O2S/c1-2-25-23(28)24(13-14-26(17-24)22(27)20-6-3-4-7-20)16-18-9-11-19(12-10-18)21-8-5-15-29-21/h5,8-12,15,20H,2-4,6-7,13-14,16-17H2,1H3,(H,25,28)/t24-/m0/s1. The highest BCUT2D eigenvalue weighted by Gasteiger charge is 2.46. The van der Waals surface area contributed by atoms with Crippen molar-refractivity contribution in [3.05, 3.63) is 47.3 Å². The zero-order valence-electron chi connectivity index (χ0n) is 17.2. The first-order valence-electron chi connectivity index (χ1n) is 10.8. The van der Waals surface area contributed by atoms with E-state index in [-0.39, 0.29) is 17.7 Å². The van der Waals surface area contributed by atoms with E-state index in [0.29, 0.717) is 26.1 Å². The van der Waals surface area contributed by atoms with Gasteiger partial charge in [-0.2, -0.15) is 0 Å². The Kier molecular flexibility index (Phi) is 6.04. The second-order valence-corrected chi connectivity index (χ2v) is 9.43. The minimum Gasteiger partial charge on any atom is -0.356 e. The summed E-state index contributed by atoms with van der Waals surface area (Å²) in [7, 11) is 0. The Balaban J connectivity index is 1.51. The summed E-state index contributed by atoms with van der Waals surface area (Å²) < 4.78 is 0. The van der Waals surface area contributed by atoms with Gasteiger partial charge in [-0.15, -0.1) is 11.3 Å². The minimum absolute atomic E-state index is 0.0871. The second kappa shape index (κ2) is 8.70. The van der Waals surface area contributed by atoms with Gasteiger partial charge in [0.05, 0.1) is 5.41 Å². The van der Waals surface area contributed by atoms with E-state index >= 15 is 0 Å². The number of nitrogens with zero attached hydrogens (tertiary/aromatic N) is 1. The summed E-state index contributed by atoms with van der Waals surface area (Å²) in [5.41, 5.74) is 1.85. The van der Waals surface area contributed by atoms with Crippen LogP contribution in [0, 0.1) is 11.3 Å². The molecule has 1 saturated heterocycles. The highest BCUT2D eigenvalue weighted by molar-refractivity contribution is 7.13. The Morgan fingerprint density at radius 3 is 2.59 bits per heavy atom. The molecule has 1 N–H and O–H groups in total. The van der Waals surface area contributed by atoms with Crippen molar-refractivity contribution < 1.29 is 9.59 Å². The van der Waals surface area contributed by atoms with Gasteiger partial charge in [-0.3, -0.25) is 9.59 Å². The molecule has 154 valence electrons. The second-order valence-electron chi connectivity index (χ2n) is 8.48. The lowest BCUT2D eigenvalue weighted by Crippen LogP contribution is -2.45. The number of thiophene rings is 1. The van der Waals surface area contributed by atoms with Crippen molar-refractivity contribution in [1.29, 1.82) is 0 Å². The quantitative estimate of drug-likeness (QED) is 0.762. The summed E-state index contributed by atoms with van der Waals surface area (Å²) >= 11 is 1.73. The predicted molar refractivity (Wildman–Crippen MR) is 118 cm³/mol. The molecule has 2 fully saturated rings. The zero-order chi connectivity index (χ0) is 20.3. The number of hydrogen-bond donors (Lipinski definition) is 1. The van der Waals surface area contributed by atoms with Crippen molar-refractivity contribution in [3.8, 4) is 10.4 Å². The number of nitrogens with one attached hydrogen (secondary N) is 1. The average Bonchev–Trinajstić information content (AvgIpc) is 3.50. The SMILES string of the molecule is CCNC(=O)[C@]1(Cc2ccc(-c3cccs3)cc2)CCN(C(=O)C2CCCC2)C1. The van der Waals surface area contributed by atoms with E-state index in [1.807, 2.05) is 11.8 Å². The first-order valence-corrected chi connectivity index (χ1v) is 11.7. The molecule has 0 unspecified atom stereocenters. The van der Waals surface area contributed by atoms with Gasteiger partial charge in [0.2, 0.25) is 11.8 Å². The maximum absolute atomic E-state index is 13.1. The largest absolute Gasteiger partial charge is 0.356 e. The van der Waals surface area contributed by atoms with Crippen LogP contribution in [0.5, 0.6) is 0 Å². The van der Waals surface area contributed by atoms with E-state index in [1.54, 1.807) is 11.3 Å². The van der Waals surface area contributed by atoms with Crippen LogP contribution in [0.25, 0.3) is 10.4 Å². The van der Waals surface area contributed by atoms with Crippen LogP contribution in [0.3, 0.4) is 0 Å². The topological polar surface area (TPSA) is 49.4 Å². The maximum Gasteiger partial charge on any atom is 0.228 e. The molecule has 2 heterocycles. The molecular weight excluding hydrogens is 380 g/mol. The number of hydrogen-bond acceptors (Lipinski definition) is 3. The maximum atomic E-state index is 13.1. The molecule has 1 aromatic heterocycles. The van der Waals surface area contributed by atoms with E-state index < -0.39 is 5.41 Å². The van der Waals surface area contributed by atoms with Gasteiger partial charge in [-0.05, 0) is 55.2 Å². The van der Waals surface area contributed by atoms with Crippen molar-refractivity contribution >= 4 is 23.2 Å². The van der Waals surface area contributed by atoms with Crippen molar-refractivity contribution in [2.45, 2.75) is 45.4 Å². The number of carbonyl (C=O) groups excluding carboxylic acids is 2. The third-order valence-electron chi connectivity index (χ3n) is 6.49. The van der Waals surface area contributed by atoms with E-state index in [2.05, 4.69) is 47.1 Å². The fourth-order valence-corrected chi connectivity index (χ4v) is 5.60. The Hall–Kier alpha value is -2.14. The first-order chi connectivity index (χ1) is 14.1. The lowest BCUT2D eigenvalue weighted by Gasteiger charge is -2.29. The highest BCUT2D eigenvalue weighted by Crippen LogP contribution is 2.37. The highest BCUT2D eigenvalue weighted by atomic mass is 32.1. The Labute approximate surface area is 177 Å². The summed E-state index contributed by atoms with van der Waals surface area (Å²) in [6.07, 6.45) is 5.74. The first kappa shape index (κ1) is 20.1. The Morgan fingerprint density at radius 2 is 1.93 bits per heavy atom. The lowest BCUT2D eigenvalue weighted by molar-refractivity contribution is -0.136. The van der Waals surface area contributed by atoms with Gasteiger partial charge < -0.3 is 10.2 Å². The molecule has 4 rings (SSSR count). The molecule has 2 aliphatic rings. The lowest BCUT2D eigenvalue weighted by atomic mass is 9.79. The fraction of sp³-hybridized carbons (Fsp3) is 0.500. The van der Waals surface area contributed by atoms with Crippen LogP contribution in [-0.4, -0.2) is 36.3 Å². The molecule has 1 aromatic carbocycles. The van der Waals surface area contributed by atoms with Gasteiger partial charge >= 0.3 is 0 Å². The normalized spacial score (nSPS) is 22.2. The molecular formula is C24H30N2O2S. The molecule has 1 atom stereocenters. The van der Waals surface area contributed by atoms with Gasteiger partial charge in [0.15, 0.2) is 0 Å². The molecule has 29 heavy (non-hydrogen) atoms. The van der Waals surface area contributed by atoms with E-state index in [4.69, 9.17) is 0 Å². The smallest absolute Gasteiger partial charge is 0.228 e. The zero-order valence-corrected chi connectivity index (χ0v) is 18.0. The molecule has 1 saturated carbocycles. The molecule has 0 radical (unpaired) electrons. The monoisotopic (exact) mass is 410 g/mol. The number of carbonyl (C=O) groups is 2. The Morgan fingerprint density at radius 1 is 1.17 bits per heavy atom. The van der Waals surface area contributed by atoms with Crippen LogP contribution in [0.1, 0.15) is 44.6 Å². The molecule has 4 nitrogen and oxygen atoms in total. The van der Waals surface area contributed by atoms with Crippen LogP contribution in [0.15, 0.2) is 41.8 Å². The summed E-state index contributed by atoms with van der Waals surface area (Å²) in [5, 5.41) is 5.12. The third kappa shape index (κ3) is 4.25. The third-order valence-corrected chi connectivity index (χ3v) is 7.41. The number of amides is 2. The Bertz CT molecular complexity index is 840. The van der Waals surface area contributed by atoms with E-state index in [1.165, 1.54) is 10.4 Å². The molecule has 2 amide bonds. The molecule has 1 aliphatic heterocycles. The molecule has 1 aliphatic carbocycles. The number of rotatable bonds is 6. The fourth-order valence-electron chi connectivity index (χ4n) is 4.87. The van der Waals surface area contributed by atoms with Crippen molar-refractivity contribution in [3.63, 3.8) is 0 Å². The summed E-state index contributed by atoms with van der Waals surface area (Å²) in [6.45, 7) is 3.81. The van der Waals surface area contributed by atoms with Crippen LogP contribution in [-0.2, 0) is 16.0 Å². The van der Waals surface area contributed by atoms with Gasteiger partial charge in [-0.1, -0.05) is 43.2 Å². The van der Waals surface area contributed by atoms with E-state index in [0.717, 1.165) is 37.7 Å². The van der Waals surface area contributed by atoms with Gasteiger partial charge in [0.25, 0.3) is 0 Å². The van der Waals surface area contributed by atoms with Crippen LogP contribution < -0.4 is 5.32 Å². The number of benzene rings is 1. The molecule has 0 bridgehead atoms. The van der Waals surface area contributed by atoms with Crippen molar-refractivity contribution in [1.82, 2.24) is 10.2 Å².